The van der Waals surface area contributed by atoms with Crippen LogP contribution in [0.15, 0.2) is 48.5 Å². The van der Waals surface area contributed by atoms with E-state index in [1.165, 1.54) is 0 Å². The third-order valence-corrected chi connectivity index (χ3v) is 3.76. The number of benzene rings is 2. The van der Waals surface area contributed by atoms with Crippen LogP contribution < -0.4 is 14.8 Å². The number of halogens is 2. The molecule has 0 aliphatic rings. The number of aromatic nitrogens is 2. The number of nitrogens with one attached hydrogen (secondary N) is 1. The number of methoxy groups -OCH3 is 1. The third kappa shape index (κ3) is 4.36. The summed E-state index contributed by atoms with van der Waals surface area (Å²) in [4.78, 5) is 7.85. The number of hydrogen-bond acceptors (Lipinski definition) is 5. The molecule has 1 N–H and O–H groups in total. The molecule has 1 aromatic heterocycles. The number of nitrogens with zero attached hydrogens (tertiary/aromatic N) is 2. The molecule has 0 amide bonds. The van der Waals surface area contributed by atoms with E-state index in [2.05, 4.69) is 15.3 Å². The van der Waals surface area contributed by atoms with Gasteiger partial charge in [0.15, 0.2) is 5.82 Å². The van der Waals surface area contributed by atoms with Crippen molar-refractivity contribution in [3.8, 4) is 11.5 Å². The van der Waals surface area contributed by atoms with E-state index >= 15 is 0 Å². The summed E-state index contributed by atoms with van der Waals surface area (Å²) in [5.74, 6) is 1.46. The van der Waals surface area contributed by atoms with E-state index in [0.29, 0.717) is 36.3 Å². The third-order valence-electron chi connectivity index (χ3n) is 3.76. The molecule has 0 spiro atoms. The van der Waals surface area contributed by atoms with Gasteiger partial charge in [-0.25, -0.2) is 18.7 Å². The second kappa shape index (κ2) is 8.42. The lowest BCUT2D eigenvalue weighted by Gasteiger charge is -2.11. The van der Waals surface area contributed by atoms with Crippen LogP contribution in [0.3, 0.4) is 0 Å². The van der Waals surface area contributed by atoms with Crippen LogP contribution in [0.4, 0.5) is 14.6 Å². The summed E-state index contributed by atoms with van der Waals surface area (Å²) in [7, 11) is 1.61. The van der Waals surface area contributed by atoms with Crippen molar-refractivity contribution in [2.75, 3.05) is 25.6 Å². The Balaban J connectivity index is 1.57. The first-order chi connectivity index (χ1) is 12.7. The molecular formula is C19H19F2N3O2. The fourth-order valence-electron chi connectivity index (χ4n) is 2.47. The zero-order valence-electron chi connectivity index (χ0n) is 14.3. The first-order valence-corrected chi connectivity index (χ1v) is 8.23. The van der Waals surface area contributed by atoms with E-state index in [0.717, 1.165) is 11.5 Å². The highest BCUT2D eigenvalue weighted by molar-refractivity contribution is 5.88. The molecule has 5 nitrogen and oxygen atoms in total. The zero-order chi connectivity index (χ0) is 18.4. The maximum Gasteiger partial charge on any atom is 0.297 e. The van der Waals surface area contributed by atoms with Crippen molar-refractivity contribution in [2.45, 2.75) is 12.8 Å². The van der Waals surface area contributed by atoms with Crippen LogP contribution >= 0.6 is 0 Å². The number of alkyl halides is 2. The van der Waals surface area contributed by atoms with Gasteiger partial charge in [0, 0.05) is 11.9 Å². The van der Waals surface area contributed by atoms with Crippen LogP contribution in [0, 0.1) is 0 Å². The molecule has 2 aromatic carbocycles. The van der Waals surface area contributed by atoms with Crippen molar-refractivity contribution in [3.63, 3.8) is 0 Å². The molecule has 3 aromatic rings. The van der Waals surface area contributed by atoms with E-state index in [1.807, 2.05) is 30.3 Å². The van der Waals surface area contributed by atoms with Crippen LogP contribution in [0.2, 0.25) is 0 Å². The van der Waals surface area contributed by atoms with Crippen molar-refractivity contribution in [1.82, 2.24) is 9.97 Å². The number of hydrogen-bond donors (Lipinski definition) is 1. The van der Waals surface area contributed by atoms with Crippen LogP contribution in [0.25, 0.3) is 10.9 Å². The standard InChI is InChI=1S/C19H19F2N3O2/c1-25-13-7-9-14(10-8-13)26-12-4-11-22-18-15-5-2-3-6-16(15)23-19(24-18)17(20)21/h2-3,5-10,17H,4,11-12H2,1H3,(H,22,23,24). The molecule has 3 rings (SSSR count). The van der Waals surface area contributed by atoms with Gasteiger partial charge in [0.25, 0.3) is 6.43 Å². The number of para-hydroxylation sites is 1. The predicted molar refractivity (Wildman–Crippen MR) is 96.1 cm³/mol. The smallest absolute Gasteiger partial charge is 0.297 e. The molecule has 0 aliphatic heterocycles. The molecule has 0 atom stereocenters. The molecule has 0 bridgehead atoms. The van der Waals surface area contributed by atoms with E-state index in [4.69, 9.17) is 9.47 Å². The Kier molecular flexibility index (Phi) is 5.78. The monoisotopic (exact) mass is 359 g/mol. The maximum atomic E-state index is 13.0. The second-order valence-electron chi connectivity index (χ2n) is 5.55. The Morgan fingerprint density at radius 2 is 1.73 bits per heavy atom. The van der Waals surface area contributed by atoms with Gasteiger partial charge in [0.05, 0.1) is 19.2 Å². The Hall–Kier alpha value is -2.96. The van der Waals surface area contributed by atoms with Crippen molar-refractivity contribution in [2.24, 2.45) is 0 Å². The van der Waals surface area contributed by atoms with Gasteiger partial charge in [0.2, 0.25) is 0 Å². The quantitative estimate of drug-likeness (QED) is 0.602. The van der Waals surface area contributed by atoms with Crippen molar-refractivity contribution in [3.05, 3.63) is 54.4 Å². The molecule has 0 radical (unpaired) electrons. The molecular weight excluding hydrogens is 340 g/mol. The number of ether oxygens (including phenoxy) is 2. The van der Waals surface area contributed by atoms with E-state index in [1.54, 1.807) is 25.3 Å². The average molecular weight is 359 g/mol. The Bertz CT molecular complexity index is 857. The molecule has 0 saturated carbocycles. The Morgan fingerprint density at radius 1 is 1.00 bits per heavy atom. The summed E-state index contributed by atoms with van der Waals surface area (Å²) in [6.45, 7) is 1.03. The van der Waals surface area contributed by atoms with Gasteiger partial charge in [-0.05, 0) is 42.8 Å². The molecule has 0 fully saturated rings. The normalized spacial score (nSPS) is 10.9. The number of fused-ring (bicyclic) bond motifs is 1. The first-order valence-electron chi connectivity index (χ1n) is 8.23. The Labute approximate surface area is 150 Å². The van der Waals surface area contributed by atoms with Crippen LogP contribution in [-0.4, -0.2) is 30.2 Å². The Morgan fingerprint density at radius 3 is 2.46 bits per heavy atom. The largest absolute Gasteiger partial charge is 0.497 e. The molecule has 0 saturated heterocycles. The lowest BCUT2D eigenvalue weighted by molar-refractivity contribution is 0.141. The minimum Gasteiger partial charge on any atom is -0.497 e. The highest BCUT2D eigenvalue weighted by Crippen LogP contribution is 2.24. The van der Waals surface area contributed by atoms with E-state index < -0.39 is 12.2 Å². The fraction of sp³-hybridized carbons (Fsp3) is 0.263. The first kappa shape index (κ1) is 17.8. The van der Waals surface area contributed by atoms with Gasteiger partial charge in [0.1, 0.15) is 17.3 Å². The highest BCUT2D eigenvalue weighted by Gasteiger charge is 2.14. The molecule has 136 valence electrons. The fourth-order valence-corrected chi connectivity index (χ4v) is 2.47. The van der Waals surface area contributed by atoms with Crippen molar-refractivity contribution < 1.29 is 18.3 Å². The summed E-state index contributed by atoms with van der Waals surface area (Å²) in [6.07, 6.45) is -2.02. The molecule has 0 aliphatic carbocycles. The lowest BCUT2D eigenvalue weighted by Crippen LogP contribution is -2.10. The molecule has 0 unspecified atom stereocenters. The lowest BCUT2D eigenvalue weighted by atomic mass is 10.2. The summed E-state index contributed by atoms with van der Waals surface area (Å²) in [6, 6.07) is 14.4. The van der Waals surface area contributed by atoms with Gasteiger partial charge in [-0.3, -0.25) is 0 Å². The predicted octanol–water partition coefficient (Wildman–Crippen LogP) is 4.46. The minimum absolute atomic E-state index is 0.412. The van der Waals surface area contributed by atoms with E-state index in [-0.39, 0.29) is 0 Å². The zero-order valence-corrected chi connectivity index (χ0v) is 14.3. The van der Waals surface area contributed by atoms with Gasteiger partial charge < -0.3 is 14.8 Å². The summed E-state index contributed by atoms with van der Waals surface area (Å²) in [5, 5.41) is 3.82. The van der Waals surface area contributed by atoms with Gasteiger partial charge in [-0.2, -0.15) is 0 Å². The van der Waals surface area contributed by atoms with Crippen molar-refractivity contribution >= 4 is 16.7 Å². The van der Waals surface area contributed by atoms with Gasteiger partial charge >= 0.3 is 0 Å². The minimum atomic E-state index is -2.71. The van der Waals surface area contributed by atoms with E-state index in [9.17, 15) is 8.78 Å². The van der Waals surface area contributed by atoms with Gasteiger partial charge in [-0.1, -0.05) is 12.1 Å². The van der Waals surface area contributed by atoms with Crippen LogP contribution in [0.1, 0.15) is 18.7 Å². The highest BCUT2D eigenvalue weighted by atomic mass is 19.3. The SMILES string of the molecule is COc1ccc(OCCCNc2nc(C(F)F)nc3ccccc23)cc1. The van der Waals surface area contributed by atoms with Crippen molar-refractivity contribution in [1.29, 1.82) is 0 Å². The van der Waals surface area contributed by atoms with Crippen LogP contribution in [-0.2, 0) is 0 Å². The topological polar surface area (TPSA) is 56.3 Å². The number of anilines is 1. The second-order valence-corrected chi connectivity index (χ2v) is 5.55. The average Bonchev–Trinajstić information content (AvgIpc) is 2.67. The number of rotatable bonds is 8. The summed E-state index contributed by atoms with van der Waals surface area (Å²) < 4.78 is 36.7. The molecule has 26 heavy (non-hydrogen) atoms. The molecule has 1 heterocycles. The summed E-state index contributed by atoms with van der Waals surface area (Å²) in [5.41, 5.74) is 0.495. The van der Waals surface area contributed by atoms with Crippen LogP contribution in [0.5, 0.6) is 11.5 Å². The molecule has 7 heteroatoms. The van der Waals surface area contributed by atoms with Gasteiger partial charge in [-0.15, -0.1) is 0 Å². The summed E-state index contributed by atoms with van der Waals surface area (Å²) >= 11 is 0. The maximum absolute atomic E-state index is 13.0.